The molecule has 2 aliphatic rings. The van der Waals surface area contributed by atoms with Crippen molar-refractivity contribution in [3.05, 3.63) is 17.0 Å². The Labute approximate surface area is 170 Å². The van der Waals surface area contributed by atoms with Crippen LogP contribution in [0.4, 0.5) is 4.79 Å². The molecule has 1 aromatic heterocycles. The van der Waals surface area contributed by atoms with Gasteiger partial charge in [0.2, 0.25) is 10.0 Å². The number of hydrogen-bond acceptors (Lipinski definition) is 7. The highest BCUT2D eigenvalue weighted by Gasteiger charge is 2.43. The minimum absolute atomic E-state index is 0.193. The van der Waals surface area contributed by atoms with E-state index in [4.69, 9.17) is 9.47 Å². The number of amides is 1. The molecule has 3 rings (SSSR count). The Bertz CT molecular complexity index is 918. The van der Waals surface area contributed by atoms with Crippen LogP contribution in [0, 0.1) is 0 Å². The molecular weight excluding hydrogens is 400 g/mol. The molecule has 2 unspecified atom stereocenters. The molecular formula is C18H28N4O6S. The Morgan fingerprint density at radius 3 is 2.52 bits per heavy atom. The molecule has 2 aliphatic heterocycles. The van der Waals surface area contributed by atoms with Crippen LogP contribution in [0.5, 0.6) is 0 Å². The van der Waals surface area contributed by atoms with Gasteiger partial charge in [-0.15, -0.1) is 0 Å². The van der Waals surface area contributed by atoms with E-state index in [1.807, 2.05) is 0 Å². The van der Waals surface area contributed by atoms with E-state index in [2.05, 4.69) is 5.10 Å². The van der Waals surface area contributed by atoms with Crippen LogP contribution in [-0.2, 0) is 39.0 Å². The van der Waals surface area contributed by atoms with E-state index in [-0.39, 0.29) is 31.4 Å². The SMILES string of the molecule is CCOC(=O)c1c2c(nn1CC1CN1S(C)(=O)=O)CCN(C(=O)OC(C)(C)C)C2. The molecule has 0 aliphatic carbocycles. The van der Waals surface area contributed by atoms with Gasteiger partial charge in [0.1, 0.15) is 5.60 Å². The molecule has 3 heterocycles. The van der Waals surface area contributed by atoms with Crippen molar-refractivity contribution in [1.29, 1.82) is 0 Å². The molecule has 0 radical (unpaired) electrons. The molecule has 1 saturated heterocycles. The maximum Gasteiger partial charge on any atom is 0.410 e. The number of rotatable bonds is 5. The standard InChI is InChI=1S/C18H28N4O6S/c1-6-27-16(23)15-13-11-20(17(24)28-18(2,3)4)8-7-14(13)19-21(15)9-12-10-22(12)29(5,25)26/h12H,6-11H2,1-5H3. The van der Waals surface area contributed by atoms with Crippen LogP contribution in [0.2, 0.25) is 0 Å². The van der Waals surface area contributed by atoms with Crippen molar-refractivity contribution >= 4 is 22.1 Å². The number of esters is 1. The summed E-state index contributed by atoms with van der Waals surface area (Å²) < 4.78 is 36.9. The Kier molecular flexibility index (Phi) is 5.65. The minimum atomic E-state index is -3.28. The summed E-state index contributed by atoms with van der Waals surface area (Å²) in [7, 11) is -3.28. The third kappa shape index (κ3) is 4.89. The first-order valence-electron chi connectivity index (χ1n) is 9.61. The van der Waals surface area contributed by atoms with Crippen molar-refractivity contribution in [1.82, 2.24) is 19.0 Å². The summed E-state index contributed by atoms with van der Waals surface area (Å²) >= 11 is 0. The van der Waals surface area contributed by atoms with Crippen molar-refractivity contribution in [3.63, 3.8) is 0 Å². The Hall–Kier alpha value is -2.14. The zero-order chi connectivity index (χ0) is 21.6. The second-order valence-corrected chi connectivity index (χ2v) is 10.2. The normalized spacial score (nSPS) is 21.5. The lowest BCUT2D eigenvalue weighted by molar-refractivity contribution is 0.0219. The van der Waals surface area contributed by atoms with Crippen molar-refractivity contribution in [2.24, 2.45) is 0 Å². The first kappa shape index (κ1) is 21.6. The van der Waals surface area contributed by atoms with Crippen LogP contribution in [-0.4, -0.2) is 77.1 Å². The number of nitrogens with zero attached hydrogens (tertiary/aromatic N) is 4. The molecule has 29 heavy (non-hydrogen) atoms. The van der Waals surface area contributed by atoms with Gasteiger partial charge in [-0.1, -0.05) is 0 Å². The maximum absolute atomic E-state index is 12.6. The largest absolute Gasteiger partial charge is 0.461 e. The lowest BCUT2D eigenvalue weighted by Gasteiger charge is -2.29. The minimum Gasteiger partial charge on any atom is -0.461 e. The summed E-state index contributed by atoms with van der Waals surface area (Å²) in [4.78, 5) is 26.6. The fraction of sp³-hybridized carbons (Fsp3) is 0.722. The van der Waals surface area contributed by atoms with E-state index < -0.39 is 27.7 Å². The highest BCUT2D eigenvalue weighted by atomic mass is 32.2. The van der Waals surface area contributed by atoms with E-state index in [0.717, 1.165) is 11.9 Å². The Morgan fingerprint density at radius 2 is 1.97 bits per heavy atom. The second-order valence-electron chi connectivity index (χ2n) is 8.31. The van der Waals surface area contributed by atoms with Crippen molar-refractivity contribution in [2.75, 3.05) is 26.0 Å². The lowest BCUT2D eigenvalue weighted by Crippen LogP contribution is -2.40. The highest BCUT2D eigenvalue weighted by Crippen LogP contribution is 2.28. The molecule has 1 amide bonds. The molecule has 0 saturated carbocycles. The third-order valence-electron chi connectivity index (χ3n) is 4.70. The number of sulfonamides is 1. The van der Waals surface area contributed by atoms with Crippen molar-refractivity contribution < 1.29 is 27.5 Å². The predicted octanol–water partition coefficient (Wildman–Crippen LogP) is 0.997. The molecule has 0 bridgehead atoms. The van der Waals surface area contributed by atoms with Gasteiger partial charge in [-0.25, -0.2) is 18.0 Å². The van der Waals surface area contributed by atoms with Gasteiger partial charge < -0.3 is 14.4 Å². The topological polar surface area (TPSA) is 111 Å². The van der Waals surface area contributed by atoms with Crippen LogP contribution in [0.3, 0.4) is 0 Å². The zero-order valence-corrected chi connectivity index (χ0v) is 18.3. The molecule has 10 nitrogen and oxygen atoms in total. The molecule has 0 aromatic carbocycles. The number of aromatic nitrogens is 2. The summed E-state index contributed by atoms with van der Waals surface area (Å²) in [5.41, 5.74) is 1.01. The monoisotopic (exact) mass is 428 g/mol. The number of hydrogen-bond donors (Lipinski definition) is 0. The van der Waals surface area contributed by atoms with Crippen LogP contribution in [0.1, 0.15) is 49.4 Å². The summed E-state index contributed by atoms with van der Waals surface area (Å²) in [6.07, 6.45) is 1.19. The number of carbonyl (C=O) groups is 2. The van der Waals surface area contributed by atoms with Crippen LogP contribution in [0.25, 0.3) is 0 Å². The molecule has 11 heteroatoms. The van der Waals surface area contributed by atoms with Crippen LogP contribution in [0.15, 0.2) is 0 Å². The van der Waals surface area contributed by atoms with Gasteiger partial charge in [-0.05, 0) is 27.7 Å². The first-order valence-corrected chi connectivity index (χ1v) is 11.5. The van der Waals surface area contributed by atoms with Crippen LogP contribution >= 0.6 is 0 Å². The molecule has 2 atom stereocenters. The summed E-state index contributed by atoms with van der Waals surface area (Å²) in [5.74, 6) is -0.529. The van der Waals surface area contributed by atoms with Gasteiger partial charge in [-0.3, -0.25) is 4.68 Å². The van der Waals surface area contributed by atoms with Crippen LogP contribution < -0.4 is 0 Å². The Morgan fingerprint density at radius 1 is 1.28 bits per heavy atom. The predicted molar refractivity (Wildman–Crippen MR) is 104 cm³/mol. The van der Waals surface area contributed by atoms with E-state index in [1.165, 1.54) is 8.99 Å². The molecule has 162 valence electrons. The molecule has 0 spiro atoms. The van der Waals surface area contributed by atoms with Crippen molar-refractivity contribution in [2.45, 2.75) is 58.8 Å². The lowest BCUT2D eigenvalue weighted by atomic mass is 10.1. The smallest absolute Gasteiger partial charge is 0.410 e. The van der Waals surface area contributed by atoms with E-state index in [9.17, 15) is 18.0 Å². The number of ether oxygens (including phenoxy) is 2. The average molecular weight is 429 g/mol. The van der Waals surface area contributed by atoms with E-state index in [1.54, 1.807) is 32.6 Å². The van der Waals surface area contributed by atoms with Gasteiger partial charge in [0, 0.05) is 25.1 Å². The third-order valence-corrected chi connectivity index (χ3v) is 5.99. The average Bonchev–Trinajstić information content (AvgIpc) is 3.26. The molecule has 0 N–H and O–H groups in total. The zero-order valence-electron chi connectivity index (χ0n) is 17.5. The quantitative estimate of drug-likeness (QED) is 0.508. The second kappa shape index (κ2) is 7.60. The fourth-order valence-electron chi connectivity index (χ4n) is 3.38. The first-order chi connectivity index (χ1) is 13.4. The summed E-state index contributed by atoms with van der Waals surface area (Å²) in [5, 5.41) is 4.53. The van der Waals surface area contributed by atoms with Gasteiger partial charge in [0.05, 0.1) is 37.7 Å². The van der Waals surface area contributed by atoms with E-state index >= 15 is 0 Å². The fourth-order valence-corrected chi connectivity index (χ4v) is 4.44. The number of fused-ring (bicyclic) bond motifs is 1. The maximum atomic E-state index is 12.6. The van der Waals surface area contributed by atoms with Gasteiger partial charge in [0.25, 0.3) is 0 Å². The van der Waals surface area contributed by atoms with Gasteiger partial charge in [0.15, 0.2) is 5.69 Å². The van der Waals surface area contributed by atoms with Crippen molar-refractivity contribution in [3.8, 4) is 0 Å². The van der Waals surface area contributed by atoms with Gasteiger partial charge >= 0.3 is 12.1 Å². The highest BCUT2D eigenvalue weighted by molar-refractivity contribution is 7.88. The van der Waals surface area contributed by atoms with E-state index in [0.29, 0.717) is 25.1 Å². The van der Waals surface area contributed by atoms with Gasteiger partial charge in [-0.2, -0.15) is 9.40 Å². The number of carbonyl (C=O) groups excluding carboxylic acids is 2. The summed E-state index contributed by atoms with van der Waals surface area (Å²) in [6.45, 7) is 8.59. The molecule has 1 aromatic rings. The summed E-state index contributed by atoms with van der Waals surface area (Å²) in [6, 6.07) is -0.235. The Balaban J connectivity index is 1.86. The molecule has 1 fully saturated rings.